The molecule has 4 N–H and O–H groups in total. The van der Waals surface area contributed by atoms with E-state index in [4.69, 9.17) is 11.5 Å². The van der Waals surface area contributed by atoms with Gasteiger partial charge in [-0.25, -0.2) is 0 Å². The maximum atomic E-state index is 11.2. The molecule has 2 unspecified atom stereocenters. The minimum Gasteiger partial charge on any atom is -0.368 e. The number of aromatic nitrogens is 1. The standard InChI is InChI=1S/C14H24N4O/c1-11(10-14(2,16)13(15)19)18(3)9-6-12-4-7-17-8-5-12/h4-5,7-8,11H,6,9-10,16H2,1-3H3,(H2,15,19). The number of nitrogens with zero attached hydrogens (tertiary/aromatic N) is 2. The van der Waals surface area contributed by atoms with Gasteiger partial charge in [-0.3, -0.25) is 9.78 Å². The van der Waals surface area contributed by atoms with Crippen LogP contribution < -0.4 is 11.5 Å². The summed E-state index contributed by atoms with van der Waals surface area (Å²) in [5.74, 6) is -0.457. The Kier molecular flexibility index (Phi) is 5.44. The van der Waals surface area contributed by atoms with Crippen molar-refractivity contribution in [2.45, 2.75) is 38.3 Å². The largest absolute Gasteiger partial charge is 0.368 e. The number of amides is 1. The fourth-order valence-corrected chi connectivity index (χ4v) is 1.95. The Morgan fingerprint density at radius 2 is 2.05 bits per heavy atom. The second-order valence-corrected chi connectivity index (χ2v) is 5.42. The molecular weight excluding hydrogens is 240 g/mol. The number of likely N-dealkylation sites (N-methyl/N-ethyl adjacent to an activating group) is 1. The van der Waals surface area contributed by atoms with Gasteiger partial charge in [-0.1, -0.05) is 0 Å². The third-order valence-corrected chi connectivity index (χ3v) is 3.54. The highest BCUT2D eigenvalue weighted by Crippen LogP contribution is 2.13. The monoisotopic (exact) mass is 264 g/mol. The van der Waals surface area contributed by atoms with E-state index >= 15 is 0 Å². The Balaban J connectivity index is 2.45. The lowest BCUT2D eigenvalue weighted by Gasteiger charge is -2.30. The van der Waals surface area contributed by atoms with Crippen LogP contribution in [0.5, 0.6) is 0 Å². The number of pyridine rings is 1. The summed E-state index contributed by atoms with van der Waals surface area (Å²) in [6.45, 7) is 4.64. The minimum atomic E-state index is -0.954. The average Bonchev–Trinajstić information content (AvgIpc) is 2.36. The lowest BCUT2D eigenvalue weighted by molar-refractivity contribution is -0.123. The van der Waals surface area contributed by atoms with Gasteiger partial charge in [0.25, 0.3) is 0 Å². The first-order valence-corrected chi connectivity index (χ1v) is 6.51. The molecule has 0 spiro atoms. The lowest BCUT2D eigenvalue weighted by atomic mass is 9.93. The molecule has 0 saturated heterocycles. The molecule has 0 radical (unpaired) electrons. The first-order chi connectivity index (χ1) is 8.83. The molecule has 1 aromatic heterocycles. The van der Waals surface area contributed by atoms with Crippen molar-refractivity contribution in [2.24, 2.45) is 11.5 Å². The number of nitrogens with two attached hydrogens (primary N) is 2. The van der Waals surface area contributed by atoms with E-state index in [-0.39, 0.29) is 6.04 Å². The van der Waals surface area contributed by atoms with Gasteiger partial charge in [0.05, 0.1) is 5.54 Å². The Labute approximate surface area is 115 Å². The van der Waals surface area contributed by atoms with Crippen LogP contribution in [0, 0.1) is 0 Å². The van der Waals surface area contributed by atoms with Crippen LogP contribution in [0.25, 0.3) is 0 Å². The molecule has 0 aliphatic heterocycles. The van der Waals surface area contributed by atoms with E-state index < -0.39 is 11.4 Å². The van der Waals surface area contributed by atoms with E-state index in [9.17, 15) is 4.79 Å². The van der Waals surface area contributed by atoms with Gasteiger partial charge in [-0.15, -0.1) is 0 Å². The summed E-state index contributed by atoms with van der Waals surface area (Å²) in [6, 6.07) is 4.22. The van der Waals surface area contributed by atoms with E-state index in [0.717, 1.165) is 13.0 Å². The first kappa shape index (κ1) is 15.6. The Morgan fingerprint density at radius 1 is 1.47 bits per heavy atom. The SMILES string of the molecule is CC(CC(C)(N)C(N)=O)N(C)CCc1ccncc1. The molecule has 0 aliphatic carbocycles. The van der Waals surface area contributed by atoms with Crippen molar-refractivity contribution in [3.63, 3.8) is 0 Å². The Morgan fingerprint density at radius 3 is 2.58 bits per heavy atom. The van der Waals surface area contributed by atoms with Gasteiger partial charge >= 0.3 is 0 Å². The summed E-state index contributed by atoms with van der Waals surface area (Å²) in [4.78, 5) is 17.4. The second-order valence-electron chi connectivity index (χ2n) is 5.42. The van der Waals surface area contributed by atoms with Crippen molar-refractivity contribution in [1.82, 2.24) is 9.88 Å². The normalized spacial score (nSPS) is 16.1. The maximum Gasteiger partial charge on any atom is 0.237 e. The number of rotatable bonds is 7. The van der Waals surface area contributed by atoms with Crippen LogP contribution in [0.3, 0.4) is 0 Å². The Hall–Kier alpha value is -1.46. The summed E-state index contributed by atoms with van der Waals surface area (Å²) >= 11 is 0. The van der Waals surface area contributed by atoms with Gasteiger partial charge in [-0.2, -0.15) is 0 Å². The number of hydrogen-bond donors (Lipinski definition) is 2. The van der Waals surface area contributed by atoms with Gasteiger partial charge in [0.2, 0.25) is 5.91 Å². The van der Waals surface area contributed by atoms with Crippen molar-refractivity contribution in [1.29, 1.82) is 0 Å². The van der Waals surface area contributed by atoms with E-state index in [1.807, 2.05) is 19.2 Å². The molecule has 0 aliphatic rings. The van der Waals surface area contributed by atoms with Gasteiger partial charge in [-0.05, 0) is 51.4 Å². The molecule has 0 aromatic carbocycles. The highest BCUT2D eigenvalue weighted by molar-refractivity contribution is 5.83. The van der Waals surface area contributed by atoms with E-state index in [0.29, 0.717) is 6.42 Å². The molecule has 106 valence electrons. The molecule has 5 nitrogen and oxygen atoms in total. The van der Waals surface area contributed by atoms with Gasteiger partial charge in [0, 0.05) is 25.0 Å². The van der Waals surface area contributed by atoms with Gasteiger partial charge in [0.15, 0.2) is 0 Å². The molecule has 1 rings (SSSR count). The molecule has 1 heterocycles. The van der Waals surface area contributed by atoms with Gasteiger partial charge in [0.1, 0.15) is 0 Å². The molecule has 0 fully saturated rings. The predicted molar refractivity (Wildman–Crippen MR) is 76.4 cm³/mol. The van der Waals surface area contributed by atoms with Crippen molar-refractivity contribution in [3.05, 3.63) is 30.1 Å². The zero-order valence-electron chi connectivity index (χ0n) is 12.0. The topological polar surface area (TPSA) is 85.2 Å². The van der Waals surface area contributed by atoms with Crippen LogP contribution in [0.1, 0.15) is 25.8 Å². The highest BCUT2D eigenvalue weighted by atomic mass is 16.1. The molecule has 19 heavy (non-hydrogen) atoms. The molecule has 1 amide bonds. The van der Waals surface area contributed by atoms with Crippen molar-refractivity contribution >= 4 is 5.91 Å². The number of hydrogen-bond acceptors (Lipinski definition) is 4. The van der Waals surface area contributed by atoms with Crippen molar-refractivity contribution < 1.29 is 4.79 Å². The van der Waals surface area contributed by atoms with E-state index in [1.54, 1.807) is 19.3 Å². The fourth-order valence-electron chi connectivity index (χ4n) is 1.95. The predicted octanol–water partition coefficient (Wildman–Crippen LogP) is 0.537. The molecule has 0 bridgehead atoms. The third kappa shape index (κ3) is 4.96. The highest BCUT2D eigenvalue weighted by Gasteiger charge is 2.29. The van der Waals surface area contributed by atoms with Crippen LogP contribution in [0.15, 0.2) is 24.5 Å². The fraction of sp³-hybridized carbons (Fsp3) is 0.571. The average molecular weight is 264 g/mol. The zero-order valence-corrected chi connectivity index (χ0v) is 12.0. The molecule has 5 heteroatoms. The van der Waals surface area contributed by atoms with Crippen LogP contribution in [-0.2, 0) is 11.2 Å². The lowest BCUT2D eigenvalue weighted by Crippen LogP contribution is -2.53. The van der Waals surface area contributed by atoms with Crippen LogP contribution >= 0.6 is 0 Å². The maximum absolute atomic E-state index is 11.2. The van der Waals surface area contributed by atoms with E-state index in [1.165, 1.54) is 5.56 Å². The summed E-state index contributed by atoms with van der Waals surface area (Å²) < 4.78 is 0. The summed E-state index contributed by atoms with van der Waals surface area (Å²) in [6.07, 6.45) is 5.09. The quantitative estimate of drug-likeness (QED) is 0.752. The van der Waals surface area contributed by atoms with Crippen molar-refractivity contribution in [3.8, 4) is 0 Å². The number of primary amides is 1. The number of carbonyl (C=O) groups excluding carboxylic acids is 1. The third-order valence-electron chi connectivity index (χ3n) is 3.54. The van der Waals surface area contributed by atoms with Crippen LogP contribution in [0.2, 0.25) is 0 Å². The smallest absolute Gasteiger partial charge is 0.237 e. The first-order valence-electron chi connectivity index (χ1n) is 6.51. The number of carbonyl (C=O) groups is 1. The van der Waals surface area contributed by atoms with E-state index in [2.05, 4.69) is 16.8 Å². The molecule has 0 saturated carbocycles. The van der Waals surface area contributed by atoms with Crippen LogP contribution in [-0.4, -0.2) is 41.0 Å². The second kappa shape index (κ2) is 6.63. The minimum absolute atomic E-state index is 0.198. The molecular formula is C14H24N4O. The molecule has 1 aromatic rings. The summed E-state index contributed by atoms with van der Waals surface area (Å²) in [5.41, 5.74) is 11.5. The van der Waals surface area contributed by atoms with Crippen LogP contribution in [0.4, 0.5) is 0 Å². The summed E-state index contributed by atoms with van der Waals surface area (Å²) in [7, 11) is 2.03. The molecule has 2 atom stereocenters. The zero-order chi connectivity index (χ0) is 14.5. The Bertz CT molecular complexity index is 405. The van der Waals surface area contributed by atoms with Gasteiger partial charge < -0.3 is 16.4 Å². The summed E-state index contributed by atoms with van der Waals surface area (Å²) in [5, 5.41) is 0. The van der Waals surface area contributed by atoms with Crippen molar-refractivity contribution in [2.75, 3.05) is 13.6 Å².